The Morgan fingerprint density at radius 3 is 2.47 bits per heavy atom. The second kappa shape index (κ2) is 12.6. The molecule has 0 aromatic carbocycles. The number of aliphatic hydroxyl groups excluding tert-OH is 1. The molecule has 1 aromatic rings. The summed E-state index contributed by atoms with van der Waals surface area (Å²) >= 11 is 1.59. The Morgan fingerprint density at radius 1 is 1.12 bits per heavy atom. The van der Waals surface area contributed by atoms with Gasteiger partial charge in [0, 0.05) is 17.2 Å². The van der Waals surface area contributed by atoms with E-state index in [0.29, 0.717) is 11.8 Å². The van der Waals surface area contributed by atoms with Gasteiger partial charge in [-0.1, -0.05) is 47.0 Å². The quantitative estimate of drug-likeness (QED) is 0.546. The summed E-state index contributed by atoms with van der Waals surface area (Å²) in [6.07, 6.45) is 6.38. The van der Waals surface area contributed by atoms with Gasteiger partial charge in [0.25, 0.3) is 0 Å². The van der Waals surface area contributed by atoms with Crippen LogP contribution in [0.5, 0.6) is 0 Å². The molecule has 1 aromatic heterocycles. The molecule has 1 aliphatic rings. The fourth-order valence-electron chi connectivity index (χ4n) is 4.58. The smallest absolute Gasteiger partial charge is 0.309 e. The lowest BCUT2D eigenvalue weighted by atomic mass is 9.83. The van der Waals surface area contributed by atoms with Gasteiger partial charge in [0.2, 0.25) is 0 Å². The molecule has 2 rings (SSSR count). The number of esters is 1. The molecule has 0 aliphatic carbocycles. The lowest BCUT2D eigenvalue weighted by Crippen LogP contribution is -2.33. The number of aliphatic hydroxyl groups is 1. The van der Waals surface area contributed by atoms with Crippen LogP contribution in [-0.2, 0) is 14.3 Å². The zero-order valence-electron chi connectivity index (χ0n) is 20.6. The maximum Gasteiger partial charge on any atom is 0.309 e. The molecule has 32 heavy (non-hydrogen) atoms. The van der Waals surface area contributed by atoms with Gasteiger partial charge in [0.15, 0.2) is 0 Å². The molecule has 0 spiro atoms. The molecule has 5 unspecified atom stereocenters. The van der Waals surface area contributed by atoms with Crippen molar-refractivity contribution in [3.8, 4) is 0 Å². The highest BCUT2D eigenvalue weighted by Gasteiger charge is 2.30. The summed E-state index contributed by atoms with van der Waals surface area (Å²) in [6, 6.07) is 0. The van der Waals surface area contributed by atoms with Gasteiger partial charge in [0.05, 0.1) is 23.2 Å². The third kappa shape index (κ3) is 8.43. The summed E-state index contributed by atoms with van der Waals surface area (Å²) in [6.45, 7) is 12.1. The van der Waals surface area contributed by atoms with Gasteiger partial charge in [-0.15, -0.1) is 11.3 Å². The lowest BCUT2D eigenvalue weighted by Gasteiger charge is -2.25. The van der Waals surface area contributed by atoms with Crippen molar-refractivity contribution in [3.63, 3.8) is 0 Å². The number of hydrogen-bond donors (Lipinski definition) is 1. The first-order chi connectivity index (χ1) is 15.1. The molecular weight excluding hydrogens is 422 g/mol. The summed E-state index contributed by atoms with van der Waals surface area (Å²) < 4.78 is 5.84. The minimum atomic E-state index is -1.02. The normalized spacial score (nSPS) is 32.5. The van der Waals surface area contributed by atoms with Crippen molar-refractivity contribution in [2.45, 2.75) is 98.7 Å². The van der Waals surface area contributed by atoms with Crippen LogP contribution in [0.2, 0.25) is 0 Å². The van der Waals surface area contributed by atoms with Crippen molar-refractivity contribution >= 4 is 29.2 Å². The molecule has 1 aliphatic heterocycles. The van der Waals surface area contributed by atoms with Gasteiger partial charge in [-0.3, -0.25) is 9.59 Å². The van der Waals surface area contributed by atoms with Gasteiger partial charge in [-0.25, -0.2) is 4.98 Å². The zero-order chi connectivity index (χ0) is 23.8. The fraction of sp³-hybridized carbons (Fsp3) is 0.731. The number of carbonyl (C=O) groups excluding carboxylic acids is 2. The van der Waals surface area contributed by atoms with Crippen molar-refractivity contribution in [2.24, 2.45) is 23.7 Å². The first-order valence-electron chi connectivity index (χ1n) is 12.1. The Bertz CT molecular complexity index is 787. The average molecular weight is 464 g/mol. The topological polar surface area (TPSA) is 76.5 Å². The molecular formula is C26H41NO4S. The van der Waals surface area contributed by atoms with E-state index in [9.17, 15) is 14.7 Å². The average Bonchev–Trinajstić information content (AvgIpc) is 3.13. The van der Waals surface area contributed by atoms with E-state index in [1.165, 1.54) is 0 Å². The van der Waals surface area contributed by atoms with Crippen molar-refractivity contribution in [2.75, 3.05) is 0 Å². The first kappa shape index (κ1) is 26.7. The highest BCUT2D eigenvalue weighted by atomic mass is 32.1. The summed E-state index contributed by atoms with van der Waals surface area (Å²) in [5.41, 5.74) is 1.83. The highest BCUT2D eigenvalue weighted by molar-refractivity contribution is 7.09. The number of hydrogen-bond acceptors (Lipinski definition) is 6. The predicted molar refractivity (Wildman–Crippen MR) is 130 cm³/mol. The number of ketones is 1. The number of carbonyl (C=O) groups is 2. The van der Waals surface area contributed by atoms with Crippen LogP contribution in [0, 0.1) is 30.6 Å². The Balaban J connectivity index is 2.19. The van der Waals surface area contributed by atoms with Crippen LogP contribution < -0.4 is 0 Å². The molecule has 1 saturated heterocycles. The summed E-state index contributed by atoms with van der Waals surface area (Å²) in [7, 11) is 0. The maximum atomic E-state index is 12.8. The largest absolute Gasteiger partial charge is 0.458 e. The van der Waals surface area contributed by atoms with E-state index < -0.39 is 18.0 Å². The third-order valence-corrected chi connectivity index (χ3v) is 7.54. The van der Waals surface area contributed by atoms with Crippen molar-refractivity contribution in [1.29, 1.82) is 0 Å². The number of Topliss-reactive ketones (excluding diaryl/α,β-unsaturated/α-hetero) is 1. The van der Waals surface area contributed by atoms with E-state index in [1.54, 1.807) is 18.3 Å². The van der Waals surface area contributed by atoms with Gasteiger partial charge < -0.3 is 9.84 Å². The Hall–Kier alpha value is -1.53. The zero-order valence-corrected chi connectivity index (χ0v) is 21.4. The van der Waals surface area contributed by atoms with Crippen molar-refractivity contribution in [1.82, 2.24) is 4.98 Å². The van der Waals surface area contributed by atoms with Crippen LogP contribution in [0.3, 0.4) is 0 Å². The maximum absolute atomic E-state index is 12.8. The van der Waals surface area contributed by atoms with E-state index in [2.05, 4.69) is 18.8 Å². The number of thiazole rings is 1. The Labute approximate surface area is 197 Å². The molecule has 5 nitrogen and oxygen atoms in total. The van der Waals surface area contributed by atoms with E-state index in [1.807, 2.05) is 32.2 Å². The van der Waals surface area contributed by atoms with Gasteiger partial charge >= 0.3 is 5.97 Å². The predicted octanol–water partition coefficient (Wildman–Crippen LogP) is 5.99. The number of aromatic nitrogens is 1. The SMILES string of the molecule is C/C(=C\c1csc(C)n1)[C@@H]1CCC(C)CCCC(C)CC(C)C(=O)C(C)C(O)CC(=O)O1. The summed E-state index contributed by atoms with van der Waals surface area (Å²) in [5.74, 6) is -0.103. The molecule has 6 atom stereocenters. The minimum absolute atomic E-state index is 0.0316. The van der Waals surface area contributed by atoms with Crippen LogP contribution in [0.1, 0.15) is 90.3 Å². The molecule has 0 bridgehead atoms. The monoisotopic (exact) mass is 463 g/mol. The molecule has 2 heterocycles. The van der Waals surface area contributed by atoms with Crippen LogP contribution in [0.25, 0.3) is 6.08 Å². The van der Waals surface area contributed by atoms with Crippen molar-refractivity contribution in [3.05, 3.63) is 21.7 Å². The van der Waals surface area contributed by atoms with E-state index in [-0.39, 0.29) is 24.2 Å². The second-order valence-corrected chi connectivity index (χ2v) is 11.0. The summed E-state index contributed by atoms with van der Waals surface area (Å²) in [5, 5.41) is 13.6. The molecule has 0 saturated carbocycles. The number of rotatable bonds is 2. The standard InChI is InChI=1S/C26H41NO4S/c1-16-8-7-9-17(2)12-19(4)26(30)20(5)23(28)14-25(29)31-24(11-10-16)18(3)13-22-15-32-21(6)27-22/h13,15-17,19-20,23-24,28H,7-12,14H2,1-6H3/b18-13+/t16?,17?,19?,20?,23?,24-/m0/s1. The van der Waals surface area contributed by atoms with Crippen molar-refractivity contribution < 1.29 is 19.4 Å². The highest BCUT2D eigenvalue weighted by Crippen LogP contribution is 2.27. The minimum Gasteiger partial charge on any atom is -0.458 e. The van der Waals surface area contributed by atoms with Crippen LogP contribution in [0.15, 0.2) is 11.0 Å². The van der Waals surface area contributed by atoms with Crippen LogP contribution in [-0.4, -0.2) is 34.1 Å². The second-order valence-electron chi connectivity index (χ2n) is 9.98. The Kier molecular flexibility index (Phi) is 10.6. The number of ether oxygens (including phenoxy) is 1. The fourth-order valence-corrected chi connectivity index (χ4v) is 5.15. The number of nitrogens with zero attached hydrogens (tertiary/aromatic N) is 1. The molecule has 1 N–H and O–H groups in total. The van der Waals surface area contributed by atoms with Gasteiger partial charge in [-0.05, 0) is 56.6 Å². The molecule has 1 fully saturated rings. The first-order valence-corrected chi connectivity index (χ1v) is 13.0. The molecule has 6 heteroatoms. The molecule has 180 valence electrons. The van der Waals surface area contributed by atoms with Crippen LogP contribution >= 0.6 is 11.3 Å². The number of aryl methyl sites for hydroxylation is 1. The Morgan fingerprint density at radius 2 is 1.81 bits per heavy atom. The van der Waals surface area contributed by atoms with E-state index >= 15 is 0 Å². The molecule has 0 radical (unpaired) electrons. The van der Waals surface area contributed by atoms with E-state index in [0.717, 1.165) is 54.8 Å². The van der Waals surface area contributed by atoms with Gasteiger partial charge in [-0.2, -0.15) is 0 Å². The van der Waals surface area contributed by atoms with Crippen LogP contribution in [0.4, 0.5) is 0 Å². The van der Waals surface area contributed by atoms with E-state index in [4.69, 9.17) is 4.74 Å². The third-order valence-electron chi connectivity index (χ3n) is 6.75. The number of cyclic esters (lactones) is 1. The summed E-state index contributed by atoms with van der Waals surface area (Å²) in [4.78, 5) is 30.0. The molecule has 0 amide bonds. The lowest BCUT2D eigenvalue weighted by molar-refractivity contribution is -0.151. The van der Waals surface area contributed by atoms with Gasteiger partial charge in [0.1, 0.15) is 11.9 Å².